The van der Waals surface area contributed by atoms with E-state index in [2.05, 4.69) is 15.3 Å². The number of ether oxygens (including phenoxy) is 1. The van der Waals surface area contributed by atoms with Crippen LogP contribution in [-0.4, -0.2) is 18.2 Å². The predicted molar refractivity (Wildman–Crippen MR) is 79.0 cm³/mol. The van der Waals surface area contributed by atoms with E-state index < -0.39 is 11.7 Å². The summed E-state index contributed by atoms with van der Waals surface area (Å²) in [6.07, 6.45) is -0.0448. The van der Waals surface area contributed by atoms with Gasteiger partial charge in [0.2, 0.25) is 0 Å². The summed E-state index contributed by atoms with van der Waals surface area (Å²) in [4.78, 5) is 14.5. The van der Waals surface area contributed by atoms with Gasteiger partial charge in [-0.1, -0.05) is 22.8 Å². The van der Waals surface area contributed by atoms with Crippen LogP contribution in [0.1, 0.15) is 26.3 Å². The van der Waals surface area contributed by atoms with Crippen LogP contribution in [0.5, 0.6) is 0 Å². The number of nitrogens with zero attached hydrogens (tertiary/aromatic N) is 3. The van der Waals surface area contributed by atoms with Crippen molar-refractivity contribution >= 4 is 23.4 Å². The van der Waals surface area contributed by atoms with Crippen LogP contribution in [0.4, 0.5) is 10.5 Å². The number of azide groups is 1. The molecule has 1 N–H and O–H groups in total. The summed E-state index contributed by atoms with van der Waals surface area (Å²) in [5.41, 5.74) is 9.08. The Hall–Kier alpha value is -1.91. The highest BCUT2D eigenvalue weighted by atomic mass is 35.5. The molecule has 0 saturated carbocycles. The van der Waals surface area contributed by atoms with E-state index in [1.54, 1.807) is 39.0 Å². The van der Waals surface area contributed by atoms with Crippen molar-refractivity contribution in [1.29, 1.82) is 0 Å². The number of anilines is 1. The number of carbonyl (C=O) groups excluding carboxylic acids is 1. The first kappa shape index (κ1) is 16.1. The highest BCUT2D eigenvalue weighted by molar-refractivity contribution is 6.31. The van der Waals surface area contributed by atoms with Gasteiger partial charge >= 0.3 is 6.09 Å². The van der Waals surface area contributed by atoms with Crippen LogP contribution in [0.25, 0.3) is 10.4 Å². The Morgan fingerprint density at radius 1 is 1.50 bits per heavy atom. The van der Waals surface area contributed by atoms with Crippen molar-refractivity contribution in [3.63, 3.8) is 0 Å². The first-order chi connectivity index (χ1) is 9.31. The van der Waals surface area contributed by atoms with Crippen LogP contribution in [0.2, 0.25) is 5.02 Å². The molecular formula is C13H17ClN4O2. The molecule has 0 fully saturated rings. The number of nitrogens with one attached hydrogen (secondary N) is 1. The fourth-order valence-electron chi connectivity index (χ4n) is 1.51. The molecule has 0 unspecified atom stereocenters. The highest BCUT2D eigenvalue weighted by Gasteiger charge is 2.17. The molecule has 6 nitrogen and oxygen atoms in total. The molecule has 0 spiro atoms. The molecule has 20 heavy (non-hydrogen) atoms. The summed E-state index contributed by atoms with van der Waals surface area (Å²) in [6.45, 7) is 5.66. The molecule has 7 heteroatoms. The van der Waals surface area contributed by atoms with Crippen LogP contribution >= 0.6 is 11.6 Å². The number of hydrogen-bond acceptors (Lipinski definition) is 3. The Morgan fingerprint density at radius 3 is 2.80 bits per heavy atom. The number of amides is 1. The van der Waals surface area contributed by atoms with Gasteiger partial charge in [-0.2, -0.15) is 0 Å². The summed E-state index contributed by atoms with van der Waals surface area (Å²) in [5.74, 6) is 0. The zero-order valence-corrected chi connectivity index (χ0v) is 12.4. The average molecular weight is 297 g/mol. The monoisotopic (exact) mass is 296 g/mol. The molecule has 0 saturated heterocycles. The van der Waals surface area contributed by atoms with Crippen molar-refractivity contribution in [3.8, 4) is 0 Å². The molecule has 0 aliphatic rings. The number of carbonyl (C=O) groups is 1. The minimum absolute atomic E-state index is 0.307. The molecule has 0 aliphatic heterocycles. The smallest absolute Gasteiger partial charge is 0.412 e. The minimum Gasteiger partial charge on any atom is -0.444 e. The maximum absolute atomic E-state index is 11.8. The second-order valence-electron chi connectivity index (χ2n) is 5.13. The van der Waals surface area contributed by atoms with E-state index in [0.29, 0.717) is 23.7 Å². The van der Waals surface area contributed by atoms with E-state index >= 15 is 0 Å². The van der Waals surface area contributed by atoms with Gasteiger partial charge in [0.15, 0.2) is 0 Å². The van der Waals surface area contributed by atoms with Crippen molar-refractivity contribution in [2.45, 2.75) is 32.8 Å². The third-order valence-corrected chi connectivity index (χ3v) is 2.49. The molecule has 0 aliphatic carbocycles. The molecule has 0 heterocycles. The Bertz CT molecular complexity index is 534. The van der Waals surface area contributed by atoms with Gasteiger partial charge < -0.3 is 4.74 Å². The van der Waals surface area contributed by atoms with Crippen LogP contribution in [0.3, 0.4) is 0 Å². The van der Waals surface area contributed by atoms with Crippen molar-refractivity contribution in [2.24, 2.45) is 5.11 Å². The zero-order valence-electron chi connectivity index (χ0n) is 11.7. The second kappa shape index (κ2) is 7.03. The molecule has 1 aromatic rings. The van der Waals surface area contributed by atoms with E-state index in [0.717, 1.165) is 5.56 Å². The van der Waals surface area contributed by atoms with Crippen molar-refractivity contribution in [3.05, 3.63) is 39.2 Å². The standard InChI is InChI=1S/C13H17ClN4O2/c1-13(2,3)20-12(19)17-11-8-10(14)5-4-9(11)6-7-16-18-15/h4-5,8H,6-7H2,1-3H3,(H,17,19). The molecule has 1 aromatic carbocycles. The lowest BCUT2D eigenvalue weighted by Gasteiger charge is -2.20. The lowest BCUT2D eigenvalue weighted by molar-refractivity contribution is 0.0636. The van der Waals surface area contributed by atoms with E-state index in [9.17, 15) is 4.79 Å². The topological polar surface area (TPSA) is 87.1 Å². The Morgan fingerprint density at radius 2 is 2.20 bits per heavy atom. The summed E-state index contributed by atoms with van der Waals surface area (Å²) >= 11 is 5.92. The summed E-state index contributed by atoms with van der Waals surface area (Å²) in [6, 6.07) is 5.13. The number of halogens is 1. The Kier molecular flexibility index (Phi) is 5.67. The van der Waals surface area contributed by atoms with Crippen LogP contribution in [0.15, 0.2) is 23.3 Å². The van der Waals surface area contributed by atoms with E-state index in [-0.39, 0.29) is 0 Å². The maximum Gasteiger partial charge on any atom is 0.412 e. The normalized spacial score (nSPS) is 10.6. The van der Waals surface area contributed by atoms with E-state index in [1.165, 1.54) is 0 Å². The number of rotatable bonds is 4. The van der Waals surface area contributed by atoms with Crippen molar-refractivity contribution < 1.29 is 9.53 Å². The predicted octanol–water partition coefficient (Wildman–Crippen LogP) is 4.54. The first-order valence-corrected chi connectivity index (χ1v) is 6.49. The van der Waals surface area contributed by atoms with Gasteiger partial charge in [0.05, 0.1) is 0 Å². The fraction of sp³-hybridized carbons (Fsp3) is 0.462. The molecule has 0 aromatic heterocycles. The largest absolute Gasteiger partial charge is 0.444 e. The maximum atomic E-state index is 11.8. The van der Waals surface area contributed by atoms with E-state index in [1.807, 2.05) is 0 Å². The highest BCUT2D eigenvalue weighted by Crippen LogP contribution is 2.22. The summed E-state index contributed by atoms with van der Waals surface area (Å²) < 4.78 is 5.19. The van der Waals surface area contributed by atoms with Gasteiger partial charge in [0.25, 0.3) is 0 Å². The van der Waals surface area contributed by atoms with Crippen molar-refractivity contribution in [1.82, 2.24) is 0 Å². The molecule has 108 valence electrons. The van der Waals surface area contributed by atoms with Gasteiger partial charge in [-0.25, -0.2) is 4.79 Å². The first-order valence-electron chi connectivity index (χ1n) is 6.11. The number of hydrogen-bond donors (Lipinski definition) is 1. The SMILES string of the molecule is CC(C)(C)OC(=O)Nc1cc(Cl)ccc1CCN=[N+]=[N-]. The van der Waals surface area contributed by atoms with Gasteiger partial charge in [-0.3, -0.25) is 5.32 Å². The second-order valence-corrected chi connectivity index (χ2v) is 5.57. The van der Waals surface area contributed by atoms with E-state index in [4.69, 9.17) is 21.9 Å². The molecule has 0 radical (unpaired) electrons. The minimum atomic E-state index is -0.575. The zero-order chi connectivity index (χ0) is 15.2. The molecule has 0 atom stereocenters. The molecule has 1 amide bonds. The quantitative estimate of drug-likeness (QED) is 0.502. The third kappa shape index (κ3) is 5.82. The van der Waals surface area contributed by atoms with Gasteiger partial charge in [-0.15, -0.1) is 0 Å². The fourth-order valence-corrected chi connectivity index (χ4v) is 1.68. The average Bonchev–Trinajstić information content (AvgIpc) is 2.29. The lowest BCUT2D eigenvalue weighted by Crippen LogP contribution is -2.27. The van der Waals surface area contributed by atoms with Crippen LogP contribution in [-0.2, 0) is 11.2 Å². The van der Waals surface area contributed by atoms with Crippen molar-refractivity contribution in [2.75, 3.05) is 11.9 Å². The molecule has 1 rings (SSSR count). The lowest BCUT2D eigenvalue weighted by atomic mass is 10.1. The molecular weight excluding hydrogens is 280 g/mol. The van der Waals surface area contributed by atoms with Crippen LogP contribution < -0.4 is 5.32 Å². The number of benzene rings is 1. The summed E-state index contributed by atoms with van der Waals surface area (Å²) in [5, 5.41) is 6.63. The Labute approximate surface area is 122 Å². The summed E-state index contributed by atoms with van der Waals surface area (Å²) in [7, 11) is 0. The van der Waals surface area contributed by atoms with Gasteiger partial charge in [0.1, 0.15) is 5.60 Å². The molecule has 0 bridgehead atoms. The van der Waals surface area contributed by atoms with Gasteiger partial charge in [-0.05, 0) is 50.4 Å². The third-order valence-electron chi connectivity index (χ3n) is 2.25. The Balaban J connectivity index is 2.83. The van der Waals surface area contributed by atoms with Crippen LogP contribution in [0, 0.1) is 0 Å². The van der Waals surface area contributed by atoms with Gasteiger partial charge in [0, 0.05) is 22.2 Å².